The van der Waals surface area contributed by atoms with Crippen LogP contribution in [0, 0.1) is 0 Å². The summed E-state index contributed by atoms with van der Waals surface area (Å²) < 4.78 is 5.50. The molecule has 1 aliphatic heterocycles. The molecule has 1 aromatic carbocycles. The van der Waals surface area contributed by atoms with Crippen molar-refractivity contribution in [3.63, 3.8) is 0 Å². The number of hydrogen-bond donors (Lipinski definition) is 0. The predicted octanol–water partition coefficient (Wildman–Crippen LogP) is 3.53. The lowest BCUT2D eigenvalue weighted by Crippen LogP contribution is -2.34. The Kier molecular flexibility index (Phi) is 4.65. The van der Waals surface area contributed by atoms with E-state index in [1.54, 1.807) is 6.26 Å². The Morgan fingerprint density at radius 1 is 1.19 bits per heavy atom. The molecule has 2 aromatic rings. The summed E-state index contributed by atoms with van der Waals surface area (Å²) in [5, 5.41) is 0.370. The maximum absolute atomic E-state index is 12.4. The Morgan fingerprint density at radius 3 is 2.81 bits per heavy atom. The van der Waals surface area contributed by atoms with Gasteiger partial charge in [-0.3, -0.25) is 4.79 Å². The smallest absolute Gasteiger partial charge is 0.227 e. The molecule has 2 heterocycles. The van der Waals surface area contributed by atoms with Crippen LogP contribution in [0.1, 0.15) is 23.0 Å². The molecule has 1 aromatic heterocycles. The van der Waals surface area contributed by atoms with Crippen LogP contribution in [-0.4, -0.2) is 29.6 Å². The van der Waals surface area contributed by atoms with Crippen molar-refractivity contribution in [3.05, 3.63) is 60.1 Å². The first-order valence-electron chi connectivity index (χ1n) is 7.29. The monoisotopic (exact) mass is 301 g/mol. The lowest BCUT2D eigenvalue weighted by Gasteiger charge is -2.20. The second kappa shape index (κ2) is 6.85. The van der Waals surface area contributed by atoms with Crippen molar-refractivity contribution >= 4 is 17.7 Å². The molecule has 1 fully saturated rings. The van der Waals surface area contributed by atoms with Gasteiger partial charge in [0.25, 0.3) is 0 Å². The van der Waals surface area contributed by atoms with Gasteiger partial charge in [-0.2, -0.15) is 0 Å². The van der Waals surface area contributed by atoms with Gasteiger partial charge >= 0.3 is 0 Å². The van der Waals surface area contributed by atoms with E-state index in [0.29, 0.717) is 11.7 Å². The van der Waals surface area contributed by atoms with Crippen molar-refractivity contribution in [3.8, 4) is 0 Å². The van der Waals surface area contributed by atoms with Gasteiger partial charge in [0.15, 0.2) is 0 Å². The maximum Gasteiger partial charge on any atom is 0.227 e. The molecule has 1 unspecified atom stereocenters. The normalized spacial score (nSPS) is 19.2. The summed E-state index contributed by atoms with van der Waals surface area (Å²) in [6, 6.07) is 13.9. The third-order valence-corrected chi connectivity index (χ3v) is 5.04. The van der Waals surface area contributed by atoms with Gasteiger partial charge in [-0.1, -0.05) is 30.3 Å². The van der Waals surface area contributed by atoms with E-state index < -0.39 is 0 Å². The third-order valence-electron chi connectivity index (χ3n) is 3.75. The molecule has 0 spiro atoms. The minimum Gasteiger partial charge on any atom is -0.468 e. The van der Waals surface area contributed by atoms with Gasteiger partial charge in [-0.05, 0) is 24.1 Å². The van der Waals surface area contributed by atoms with Crippen molar-refractivity contribution < 1.29 is 9.21 Å². The zero-order valence-electron chi connectivity index (χ0n) is 11.9. The fourth-order valence-corrected chi connectivity index (χ4v) is 3.78. The molecule has 0 radical (unpaired) electrons. The van der Waals surface area contributed by atoms with Gasteiger partial charge in [0.2, 0.25) is 5.91 Å². The van der Waals surface area contributed by atoms with Crippen molar-refractivity contribution in [2.75, 3.05) is 18.8 Å². The van der Waals surface area contributed by atoms with E-state index in [1.807, 2.05) is 59.1 Å². The van der Waals surface area contributed by atoms with Crippen molar-refractivity contribution in [1.82, 2.24) is 4.90 Å². The number of rotatable bonds is 3. The van der Waals surface area contributed by atoms with Gasteiger partial charge in [0.1, 0.15) is 5.76 Å². The van der Waals surface area contributed by atoms with Gasteiger partial charge in [0.05, 0.1) is 17.9 Å². The zero-order chi connectivity index (χ0) is 14.5. The largest absolute Gasteiger partial charge is 0.468 e. The molecular formula is C17H19NO2S. The fourth-order valence-electron chi connectivity index (χ4n) is 2.60. The Morgan fingerprint density at radius 2 is 2.05 bits per heavy atom. The van der Waals surface area contributed by atoms with Gasteiger partial charge < -0.3 is 9.32 Å². The van der Waals surface area contributed by atoms with E-state index in [-0.39, 0.29) is 5.91 Å². The highest BCUT2D eigenvalue weighted by Gasteiger charge is 2.23. The van der Waals surface area contributed by atoms with Gasteiger partial charge in [-0.25, -0.2) is 0 Å². The fraction of sp³-hybridized carbons (Fsp3) is 0.353. The summed E-state index contributed by atoms with van der Waals surface area (Å²) in [7, 11) is 0. The lowest BCUT2D eigenvalue weighted by atomic mass is 10.1. The van der Waals surface area contributed by atoms with E-state index in [2.05, 4.69) is 0 Å². The maximum atomic E-state index is 12.4. The molecule has 1 aliphatic rings. The van der Waals surface area contributed by atoms with Crippen LogP contribution in [-0.2, 0) is 11.2 Å². The standard InChI is InChI=1S/C17H19NO2S/c19-17(13-14-5-2-1-3-6-14)18-9-8-16(21-12-10-18)15-7-4-11-20-15/h1-7,11,16H,8-10,12-13H2. The molecule has 0 aliphatic carbocycles. The molecule has 4 heteroatoms. The van der Waals surface area contributed by atoms with Crippen molar-refractivity contribution in [1.29, 1.82) is 0 Å². The van der Waals surface area contributed by atoms with Crippen LogP contribution in [0.2, 0.25) is 0 Å². The average molecular weight is 301 g/mol. The number of benzene rings is 1. The van der Waals surface area contributed by atoms with E-state index in [0.717, 1.165) is 36.6 Å². The van der Waals surface area contributed by atoms with Crippen molar-refractivity contribution in [2.24, 2.45) is 0 Å². The summed E-state index contributed by atoms with van der Waals surface area (Å²) in [4.78, 5) is 14.4. The first kappa shape index (κ1) is 14.3. The summed E-state index contributed by atoms with van der Waals surface area (Å²) in [5.74, 6) is 2.21. The highest BCUT2D eigenvalue weighted by molar-refractivity contribution is 7.99. The highest BCUT2D eigenvalue weighted by atomic mass is 32.2. The Hall–Kier alpha value is -1.68. The summed E-state index contributed by atoms with van der Waals surface area (Å²) in [5.41, 5.74) is 1.09. The minimum absolute atomic E-state index is 0.224. The third kappa shape index (κ3) is 3.70. The average Bonchev–Trinajstić information content (AvgIpc) is 2.93. The molecule has 21 heavy (non-hydrogen) atoms. The molecule has 1 atom stereocenters. The number of thioether (sulfide) groups is 1. The summed E-state index contributed by atoms with van der Waals surface area (Å²) in [6.07, 6.45) is 3.18. The SMILES string of the molecule is O=C(Cc1ccccc1)N1CCSC(c2ccco2)CC1. The Bertz CT molecular complexity index is 568. The second-order valence-corrected chi connectivity index (χ2v) is 6.52. The van der Waals surface area contributed by atoms with E-state index in [9.17, 15) is 4.79 Å². The molecule has 3 nitrogen and oxygen atoms in total. The number of carbonyl (C=O) groups excluding carboxylic acids is 1. The first-order valence-corrected chi connectivity index (χ1v) is 8.34. The molecule has 1 saturated heterocycles. The Balaban J connectivity index is 1.58. The number of furan rings is 1. The number of amides is 1. The van der Waals surface area contributed by atoms with Crippen LogP contribution in [0.3, 0.4) is 0 Å². The van der Waals surface area contributed by atoms with E-state index in [4.69, 9.17) is 4.42 Å². The van der Waals surface area contributed by atoms with Gasteiger partial charge in [-0.15, -0.1) is 11.8 Å². The molecule has 110 valence electrons. The molecule has 1 amide bonds. The summed E-state index contributed by atoms with van der Waals surface area (Å²) >= 11 is 1.88. The lowest BCUT2D eigenvalue weighted by molar-refractivity contribution is -0.130. The summed E-state index contributed by atoms with van der Waals surface area (Å²) in [6.45, 7) is 1.64. The van der Waals surface area contributed by atoms with Crippen LogP contribution in [0.15, 0.2) is 53.1 Å². The van der Waals surface area contributed by atoms with Crippen molar-refractivity contribution in [2.45, 2.75) is 18.1 Å². The predicted molar refractivity (Wildman–Crippen MR) is 85.3 cm³/mol. The van der Waals surface area contributed by atoms with Gasteiger partial charge in [0, 0.05) is 18.8 Å². The molecular weight excluding hydrogens is 282 g/mol. The number of hydrogen-bond acceptors (Lipinski definition) is 3. The second-order valence-electron chi connectivity index (χ2n) is 5.21. The highest BCUT2D eigenvalue weighted by Crippen LogP contribution is 2.34. The topological polar surface area (TPSA) is 33.5 Å². The molecule has 3 rings (SSSR count). The molecule has 0 bridgehead atoms. The number of nitrogens with zero attached hydrogens (tertiary/aromatic N) is 1. The first-order chi connectivity index (χ1) is 10.3. The van der Waals surface area contributed by atoms with Crippen LogP contribution >= 0.6 is 11.8 Å². The molecule has 0 saturated carbocycles. The van der Waals surface area contributed by atoms with E-state index in [1.165, 1.54) is 0 Å². The number of carbonyl (C=O) groups is 1. The molecule has 0 N–H and O–H groups in total. The van der Waals surface area contributed by atoms with E-state index >= 15 is 0 Å². The van der Waals surface area contributed by atoms with Crippen LogP contribution < -0.4 is 0 Å². The Labute approximate surface area is 129 Å². The zero-order valence-corrected chi connectivity index (χ0v) is 12.7. The van der Waals surface area contributed by atoms with Crippen LogP contribution in [0.5, 0.6) is 0 Å². The quantitative estimate of drug-likeness (QED) is 0.869. The van der Waals surface area contributed by atoms with Crippen LogP contribution in [0.25, 0.3) is 0 Å². The van der Waals surface area contributed by atoms with Crippen LogP contribution in [0.4, 0.5) is 0 Å². The minimum atomic E-state index is 0.224.